The molecule has 0 bridgehead atoms. The normalized spacial score (nSPS) is 12.2. The molecular weight excluding hydrogens is 299 g/mol. The van der Waals surface area contributed by atoms with Crippen molar-refractivity contribution < 1.29 is 31.2 Å². The maximum atomic E-state index is 12.3. The second-order valence-electron chi connectivity index (χ2n) is 4.08. The largest absolute Gasteiger partial charge is 0.416 e. The monoisotopic (exact) mass is 311 g/mol. The number of nitrogens with one attached hydrogen (secondary N) is 1. The van der Waals surface area contributed by atoms with Gasteiger partial charge in [0.25, 0.3) is 5.91 Å². The first-order chi connectivity index (χ1) is 9.08. The highest BCUT2D eigenvalue weighted by Crippen LogP contribution is 2.29. The molecule has 0 saturated carbocycles. The Morgan fingerprint density at radius 3 is 2.25 bits per heavy atom. The second-order valence-corrected chi connectivity index (χ2v) is 6.22. The summed E-state index contributed by atoms with van der Waals surface area (Å²) in [5.41, 5.74) is 1.50. The van der Waals surface area contributed by atoms with Crippen molar-refractivity contribution in [3.05, 3.63) is 35.4 Å². The van der Waals surface area contributed by atoms with E-state index in [4.69, 9.17) is 4.84 Å². The van der Waals surface area contributed by atoms with Gasteiger partial charge in [0, 0.05) is 6.26 Å². The van der Waals surface area contributed by atoms with Crippen LogP contribution in [0.3, 0.4) is 0 Å². The van der Waals surface area contributed by atoms with Crippen LogP contribution in [0.2, 0.25) is 0 Å². The minimum atomic E-state index is -4.41. The lowest BCUT2D eigenvalue weighted by Crippen LogP contribution is -2.29. The van der Waals surface area contributed by atoms with Crippen molar-refractivity contribution in [3.8, 4) is 0 Å². The van der Waals surface area contributed by atoms with Crippen molar-refractivity contribution in [3.63, 3.8) is 0 Å². The molecule has 0 aliphatic carbocycles. The van der Waals surface area contributed by atoms with E-state index in [1.807, 2.05) is 5.48 Å². The van der Waals surface area contributed by atoms with Crippen LogP contribution in [0, 0.1) is 0 Å². The Hall–Kier alpha value is -1.61. The van der Waals surface area contributed by atoms with Crippen LogP contribution in [-0.2, 0) is 32.3 Å². The quantitative estimate of drug-likeness (QED) is 0.832. The number of hydroxylamine groups is 1. The molecule has 0 aliphatic rings. The first-order valence-corrected chi connectivity index (χ1v) is 7.38. The molecule has 1 amide bonds. The first-order valence-electron chi connectivity index (χ1n) is 5.32. The summed E-state index contributed by atoms with van der Waals surface area (Å²) >= 11 is 0. The molecule has 9 heteroatoms. The van der Waals surface area contributed by atoms with Crippen molar-refractivity contribution in [1.82, 2.24) is 5.48 Å². The van der Waals surface area contributed by atoms with Crippen molar-refractivity contribution >= 4 is 15.7 Å². The lowest BCUT2D eigenvalue weighted by Gasteiger charge is -2.08. The van der Waals surface area contributed by atoms with E-state index in [1.165, 1.54) is 12.1 Å². The van der Waals surface area contributed by atoms with Crippen LogP contribution in [0.4, 0.5) is 13.2 Å². The van der Waals surface area contributed by atoms with E-state index < -0.39 is 33.2 Å². The summed E-state index contributed by atoms with van der Waals surface area (Å²) in [4.78, 5) is 15.8. The summed E-state index contributed by atoms with van der Waals surface area (Å²) in [7, 11) is -3.46. The standard InChI is InChI=1S/C11H12F3NO4S/c1-20(17,18)7-10(16)15-19-6-8-2-4-9(5-3-8)11(12,13)14/h2-5H,6-7H2,1H3,(H,15,16). The second kappa shape index (κ2) is 6.23. The number of carbonyl (C=O) groups is 1. The number of halogens is 3. The van der Waals surface area contributed by atoms with E-state index in [2.05, 4.69) is 0 Å². The van der Waals surface area contributed by atoms with Gasteiger partial charge in [-0.3, -0.25) is 9.63 Å². The number of sulfone groups is 1. The predicted octanol–water partition coefficient (Wildman–Crippen LogP) is 1.30. The highest BCUT2D eigenvalue weighted by atomic mass is 32.2. The fourth-order valence-electron chi connectivity index (χ4n) is 1.26. The Balaban J connectivity index is 2.45. The summed E-state index contributed by atoms with van der Waals surface area (Å²) in [6, 6.07) is 4.17. The zero-order chi connectivity index (χ0) is 15.4. The van der Waals surface area contributed by atoms with E-state index in [0.29, 0.717) is 5.56 Å². The van der Waals surface area contributed by atoms with Crippen LogP contribution in [0.5, 0.6) is 0 Å². The molecule has 5 nitrogen and oxygen atoms in total. The van der Waals surface area contributed by atoms with Gasteiger partial charge in [-0.25, -0.2) is 13.9 Å². The van der Waals surface area contributed by atoms with Crippen molar-refractivity contribution in [2.75, 3.05) is 12.0 Å². The maximum Gasteiger partial charge on any atom is 0.416 e. The number of amides is 1. The number of rotatable bonds is 5. The van der Waals surface area contributed by atoms with Gasteiger partial charge in [-0.1, -0.05) is 12.1 Å². The Morgan fingerprint density at radius 1 is 1.25 bits per heavy atom. The first kappa shape index (κ1) is 16.4. The van der Waals surface area contributed by atoms with Crippen molar-refractivity contribution in [2.24, 2.45) is 0 Å². The highest BCUT2D eigenvalue weighted by molar-refractivity contribution is 7.91. The molecule has 0 saturated heterocycles. The van der Waals surface area contributed by atoms with Gasteiger partial charge in [0.2, 0.25) is 0 Å². The minimum absolute atomic E-state index is 0.173. The summed E-state index contributed by atoms with van der Waals surface area (Å²) in [6.07, 6.45) is -3.52. The zero-order valence-electron chi connectivity index (χ0n) is 10.4. The third-order valence-corrected chi connectivity index (χ3v) is 2.89. The van der Waals surface area contributed by atoms with Crippen LogP contribution in [0.15, 0.2) is 24.3 Å². The number of alkyl halides is 3. The molecule has 0 unspecified atom stereocenters. The smallest absolute Gasteiger partial charge is 0.272 e. The van der Waals surface area contributed by atoms with E-state index in [9.17, 15) is 26.4 Å². The van der Waals surface area contributed by atoms with Gasteiger partial charge in [-0.05, 0) is 17.7 Å². The molecule has 0 atom stereocenters. The molecule has 112 valence electrons. The molecule has 0 radical (unpaired) electrons. The molecule has 0 heterocycles. The molecule has 0 spiro atoms. The molecule has 0 aliphatic heterocycles. The Labute approximate surface area is 113 Å². The summed E-state index contributed by atoms with van der Waals surface area (Å²) < 4.78 is 58.4. The number of hydrogen-bond acceptors (Lipinski definition) is 4. The van der Waals surface area contributed by atoms with Gasteiger partial charge in [0.1, 0.15) is 5.75 Å². The van der Waals surface area contributed by atoms with Crippen LogP contribution in [-0.4, -0.2) is 26.3 Å². The molecule has 1 N–H and O–H groups in total. The van der Waals surface area contributed by atoms with Crippen molar-refractivity contribution in [1.29, 1.82) is 0 Å². The minimum Gasteiger partial charge on any atom is -0.272 e. The highest BCUT2D eigenvalue weighted by Gasteiger charge is 2.29. The summed E-state index contributed by atoms with van der Waals surface area (Å²) in [5, 5.41) is 0. The van der Waals surface area contributed by atoms with Gasteiger partial charge < -0.3 is 0 Å². The Kier molecular flexibility index (Phi) is 5.12. The van der Waals surface area contributed by atoms with E-state index in [1.54, 1.807) is 0 Å². The predicted molar refractivity (Wildman–Crippen MR) is 64.1 cm³/mol. The van der Waals surface area contributed by atoms with Crippen LogP contribution in [0.25, 0.3) is 0 Å². The molecule has 1 aromatic rings. The number of benzene rings is 1. The molecule has 0 fully saturated rings. The molecule has 1 rings (SSSR count). The molecule has 1 aromatic carbocycles. The average Bonchev–Trinajstić information content (AvgIpc) is 2.26. The molecular formula is C11H12F3NO4S. The lowest BCUT2D eigenvalue weighted by atomic mass is 10.1. The summed E-state index contributed by atoms with van der Waals surface area (Å²) in [5.74, 6) is -1.57. The topological polar surface area (TPSA) is 72.5 Å². The van der Waals surface area contributed by atoms with Gasteiger partial charge >= 0.3 is 6.18 Å². The van der Waals surface area contributed by atoms with Gasteiger partial charge in [-0.2, -0.15) is 13.2 Å². The SMILES string of the molecule is CS(=O)(=O)CC(=O)NOCc1ccc(C(F)(F)F)cc1. The van der Waals surface area contributed by atoms with E-state index >= 15 is 0 Å². The average molecular weight is 311 g/mol. The molecule has 20 heavy (non-hydrogen) atoms. The molecule has 0 aromatic heterocycles. The summed E-state index contributed by atoms with van der Waals surface area (Å²) in [6.45, 7) is -0.173. The lowest BCUT2D eigenvalue weighted by molar-refractivity contribution is -0.137. The van der Waals surface area contributed by atoms with Crippen molar-refractivity contribution in [2.45, 2.75) is 12.8 Å². The fourth-order valence-corrected chi connectivity index (χ4v) is 1.79. The number of hydrogen-bond donors (Lipinski definition) is 1. The Bertz CT molecular complexity index is 566. The zero-order valence-corrected chi connectivity index (χ0v) is 11.2. The van der Waals surface area contributed by atoms with E-state index in [0.717, 1.165) is 18.4 Å². The van der Waals surface area contributed by atoms with Crippen LogP contribution >= 0.6 is 0 Å². The third kappa shape index (κ3) is 6.02. The van der Waals surface area contributed by atoms with Gasteiger partial charge in [0.15, 0.2) is 9.84 Å². The van der Waals surface area contributed by atoms with Gasteiger partial charge in [-0.15, -0.1) is 0 Å². The van der Waals surface area contributed by atoms with Crippen LogP contribution in [0.1, 0.15) is 11.1 Å². The van der Waals surface area contributed by atoms with E-state index in [-0.39, 0.29) is 6.61 Å². The fraction of sp³-hybridized carbons (Fsp3) is 0.364. The third-order valence-electron chi connectivity index (χ3n) is 2.10. The van der Waals surface area contributed by atoms with Gasteiger partial charge in [0.05, 0.1) is 12.2 Å². The number of carbonyl (C=O) groups excluding carboxylic acids is 1. The maximum absolute atomic E-state index is 12.3. The Morgan fingerprint density at radius 2 is 1.80 bits per heavy atom. The van der Waals surface area contributed by atoms with Crippen LogP contribution < -0.4 is 5.48 Å².